The van der Waals surface area contributed by atoms with Gasteiger partial charge in [0.2, 0.25) is 0 Å². The van der Waals surface area contributed by atoms with Gasteiger partial charge in [-0.1, -0.05) is 73.1 Å². The summed E-state index contributed by atoms with van der Waals surface area (Å²) in [6.45, 7) is 12.1. The molecule has 1 fully saturated rings. The Morgan fingerprint density at radius 2 is 1.76 bits per heavy atom. The maximum Gasteiger partial charge on any atom is -0.0326 e. The van der Waals surface area contributed by atoms with Crippen molar-refractivity contribution < 1.29 is 0 Å². The molecule has 1 rings (SSSR count). The lowest BCUT2D eigenvalue weighted by molar-refractivity contribution is 0.138. The van der Waals surface area contributed by atoms with Crippen molar-refractivity contribution >= 4 is 0 Å². The summed E-state index contributed by atoms with van der Waals surface area (Å²) in [6, 6.07) is 0. The highest BCUT2D eigenvalue weighted by Crippen LogP contribution is 2.47. The minimum atomic E-state index is 0.636. The summed E-state index contributed by atoms with van der Waals surface area (Å²) in [4.78, 5) is 0. The van der Waals surface area contributed by atoms with Crippen LogP contribution in [0.2, 0.25) is 0 Å². The average Bonchev–Trinajstić information content (AvgIpc) is 2.51. The van der Waals surface area contributed by atoms with Gasteiger partial charge in [0.05, 0.1) is 0 Å². The molecular weight excluding hydrogens is 204 g/mol. The highest BCUT2D eigenvalue weighted by atomic mass is 14.4. The summed E-state index contributed by atoms with van der Waals surface area (Å²) in [5.74, 6) is 2.99. The predicted molar refractivity (Wildman–Crippen MR) is 78.2 cm³/mol. The second-order valence-electron chi connectivity index (χ2n) is 6.67. The molecule has 0 heteroatoms. The average molecular weight is 238 g/mol. The summed E-state index contributed by atoms with van der Waals surface area (Å²) in [6.07, 6.45) is 11.5. The molecule has 0 nitrogen and oxygen atoms in total. The van der Waals surface area contributed by atoms with Crippen LogP contribution < -0.4 is 0 Å². The van der Waals surface area contributed by atoms with Crippen LogP contribution >= 0.6 is 0 Å². The molecule has 0 aromatic heterocycles. The first-order valence-electron chi connectivity index (χ1n) is 8.10. The van der Waals surface area contributed by atoms with Crippen molar-refractivity contribution in [2.45, 2.75) is 86.0 Å². The lowest BCUT2D eigenvalue weighted by Gasteiger charge is -2.36. The van der Waals surface area contributed by atoms with Crippen molar-refractivity contribution in [3.8, 4) is 0 Å². The smallest absolute Gasteiger partial charge is 0.0326 e. The fraction of sp³-hybridized carbons (Fsp3) is 1.00. The molecule has 3 atom stereocenters. The fourth-order valence-electron chi connectivity index (χ4n) is 4.12. The molecule has 0 aromatic carbocycles. The second-order valence-corrected chi connectivity index (χ2v) is 6.67. The zero-order valence-corrected chi connectivity index (χ0v) is 12.9. The van der Waals surface area contributed by atoms with E-state index in [1.54, 1.807) is 0 Å². The summed E-state index contributed by atoms with van der Waals surface area (Å²) in [5.41, 5.74) is 0.636. The lowest BCUT2D eigenvalue weighted by Crippen LogP contribution is -2.27. The first-order valence-corrected chi connectivity index (χ1v) is 8.10. The minimum absolute atomic E-state index is 0.636. The largest absolute Gasteiger partial charge is 0.0651 e. The zero-order chi connectivity index (χ0) is 12.9. The van der Waals surface area contributed by atoms with E-state index in [4.69, 9.17) is 0 Å². The van der Waals surface area contributed by atoms with Gasteiger partial charge in [0, 0.05) is 0 Å². The van der Waals surface area contributed by atoms with Crippen LogP contribution in [0.3, 0.4) is 0 Å². The minimum Gasteiger partial charge on any atom is -0.0651 e. The van der Waals surface area contributed by atoms with Gasteiger partial charge in [0.15, 0.2) is 0 Å². The van der Waals surface area contributed by atoms with Crippen LogP contribution in [0.1, 0.15) is 86.0 Å². The summed E-state index contributed by atoms with van der Waals surface area (Å²) in [5, 5.41) is 0. The maximum atomic E-state index is 2.54. The van der Waals surface area contributed by atoms with Crippen molar-refractivity contribution in [1.29, 1.82) is 0 Å². The van der Waals surface area contributed by atoms with Gasteiger partial charge in [0.1, 0.15) is 0 Å². The molecule has 0 bridgehead atoms. The normalized spacial score (nSPS) is 34.9. The maximum absolute atomic E-state index is 2.54. The van der Waals surface area contributed by atoms with Gasteiger partial charge in [-0.05, 0) is 36.0 Å². The van der Waals surface area contributed by atoms with Gasteiger partial charge in [-0.2, -0.15) is 0 Å². The molecule has 0 aliphatic heterocycles. The SMILES string of the molecule is CCC(CC)C1CC(C)(CC)CCCC1CC. The first kappa shape index (κ1) is 15.1. The van der Waals surface area contributed by atoms with E-state index < -0.39 is 0 Å². The van der Waals surface area contributed by atoms with Crippen molar-refractivity contribution in [3.63, 3.8) is 0 Å². The van der Waals surface area contributed by atoms with Gasteiger partial charge in [0.25, 0.3) is 0 Å². The molecule has 3 unspecified atom stereocenters. The topological polar surface area (TPSA) is 0 Å². The molecule has 0 radical (unpaired) electrons. The van der Waals surface area contributed by atoms with Crippen LogP contribution in [-0.4, -0.2) is 0 Å². The third kappa shape index (κ3) is 3.73. The third-order valence-corrected chi connectivity index (χ3v) is 5.72. The van der Waals surface area contributed by atoms with E-state index in [0.717, 1.165) is 17.8 Å². The Bertz CT molecular complexity index is 204. The Kier molecular flexibility index (Phi) is 6.03. The van der Waals surface area contributed by atoms with Gasteiger partial charge < -0.3 is 0 Å². The van der Waals surface area contributed by atoms with Gasteiger partial charge in [-0.15, -0.1) is 0 Å². The standard InChI is InChI=1S/C17H34/c1-6-14(7-2)16-13-17(5,9-4)12-10-11-15(16)8-3/h14-16H,6-13H2,1-5H3. The summed E-state index contributed by atoms with van der Waals surface area (Å²) in [7, 11) is 0. The highest BCUT2D eigenvalue weighted by Gasteiger charge is 2.36. The summed E-state index contributed by atoms with van der Waals surface area (Å²) < 4.78 is 0. The first-order chi connectivity index (χ1) is 8.10. The second kappa shape index (κ2) is 6.81. The molecule has 0 saturated heterocycles. The van der Waals surface area contributed by atoms with E-state index in [9.17, 15) is 0 Å². The lowest BCUT2D eigenvalue weighted by atomic mass is 9.69. The van der Waals surface area contributed by atoms with Crippen LogP contribution in [0.15, 0.2) is 0 Å². The van der Waals surface area contributed by atoms with Crippen LogP contribution in [0.5, 0.6) is 0 Å². The number of hydrogen-bond acceptors (Lipinski definition) is 0. The Morgan fingerprint density at radius 3 is 2.24 bits per heavy atom. The highest BCUT2D eigenvalue weighted by molar-refractivity contribution is 4.86. The predicted octanol–water partition coefficient (Wildman–Crippen LogP) is 6.06. The van der Waals surface area contributed by atoms with E-state index in [0.29, 0.717) is 5.41 Å². The molecule has 17 heavy (non-hydrogen) atoms. The van der Waals surface area contributed by atoms with E-state index in [1.807, 2.05) is 0 Å². The fourth-order valence-corrected chi connectivity index (χ4v) is 4.12. The number of rotatable bonds is 5. The molecule has 1 aliphatic rings. The zero-order valence-electron chi connectivity index (χ0n) is 12.9. The third-order valence-electron chi connectivity index (χ3n) is 5.72. The quantitative estimate of drug-likeness (QED) is 0.511. The van der Waals surface area contributed by atoms with E-state index >= 15 is 0 Å². The molecule has 0 spiro atoms. The molecule has 0 N–H and O–H groups in total. The van der Waals surface area contributed by atoms with Crippen LogP contribution in [0.25, 0.3) is 0 Å². The van der Waals surface area contributed by atoms with Crippen molar-refractivity contribution in [1.82, 2.24) is 0 Å². The molecule has 102 valence electrons. The molecule has 0 amide bonds. The molecule has 1 aliphatic carbocycles. The van der Waals surface area contributed by atoms with Crippen molar-refractivity contribution in [2.75, 3.05) is 0 Å². The van der Waals surface area contributed by atoms with Crippen molar-refractivity contribution in [2.24, 2.45) is 23.2 Å². The van der Waals surface area contributed by atoms with Crippen molar-refractivity contribution in [3.05, 3.63) is 0 Å². The molecule has 0 aromatic rings. The van der Waals surface area contributed by atoms with Gasteiger partial charge >= 0.3 is 0 Å². The Morgan fingerprint density at radius 1 is 1.12 bits per heavy atom. The van der Waals surface area contributed by atoms with Gasteiger partial charge in [-0.3, -0.25) is 0 Å². The molecule has 0 heterocycles. The van der Waals surface area contributed by atoms with Crippen LogP contribution in [0.4, 0.5) is 0 Å². The van der Waals surface area contributed by atoms with E-state index in [2.05, 4.69) is 34.6 Å². The molecular formula is C17H34. The monoisotopic (exact) mass is 238 g/mol. The van der Waals surface area contributed by atoms with Crippen LogP contribution in [-0.2, 0) is 0 Å². The Balaban J connectivity index is 2.83. The molecule has 1 saturated carbocycles. The Hall–Kier alpha value is 0. The summed E-state index contributed by atoms with van der Waals surface area (Å²) >= 11 is 0. The van der Waals surface area contributed by atoms with E-state index in [1.165, 1.54) is 51.4 Å². The van der Waals surface area contributed by atoms with Crippen LogP contribution in [0, 0.1) is 23.2 Å². The van der Waals surface area contributed by atoms with E-state index in [-0.39, 0.29) is 0 Å². The Labute approximate surface area is 110 Å². The number of hydrogen-bond donors (Lipinski definition) is 0. The van der Waals surface area contributed by atoms with Gasteiger partial charge in [-0.25, -0.2) is 0 Å².